The summed E-state index contributed by atoms with van der Waals surface area (Å²) in [6, 6.07) is -0.922. The Labute approximate surface area is 107 Å². The van der Waals surface area contributed by atoms with Gasteiger partial charge in [0.15, 0.2) is 0 Å². The summed E-state index contributed by atoms with van der Waals surface area (Å²) in [6.07, 6.45) is -0.0265. The second-order valence-electron chi connectivity index (χ2n) is 5.30. The third-order valence-corrected chi connectivity index (χ3v) is 3.24. The number of likely N-dealkylation sites (tertiary alicyclic amines) is 1. The van der Waals surface area contributed by atoms with E-state index in [1.165, 1.54) is 4.90 Å². The second-order valence-corrected chi connectivity index (χ2v) is 5.30. The first-order chi connectivity index (χ1) is 8.36. The molecule has 1 heterocycles. The highest BCUT2D eigenvalue weighted by molar-refractivity contribution is 5.86. The van der Waals surface area contributed by atoms with Gasteiger partial charge in [0.05, 0.1) is 12.0 Å². The lowest BCUT2D eigenvalue weighted by Gasteiger charge is -2.26. The van der Waals surface area contributed by atoms with Crippen molar-refractivity contribution in [3.8, 4) is 0 Å². The fourth-order valence-corrected chi connectivity index (χ4v) is 2.39. The second kappa shape index (κ2) is 6.15. The SMILES string of the molecule is CC(C)CC(CN)C(=O)N1C[C@H](O)C[C@H]1C(=O)O. The largest absolute Gasteiger partial charge is 0.480 e. The third-order valence-electron chi connectivity index (χ3n) is 3.24. The van der Waals surface area contributed by atoms with Crippen LogP contribution in [-0.4, -0.2) is 52.2 Å². The van der Waals surface area contributed by atoms with E-state index in [9.17, 15) is 14.7 Å². The molecule has 0 aromatic heterocycles. The van der Waals surface area contributed by atoms with Crippen LogP contribution in [0.5, 0.6) is 0 Å². The lowest BCUT2D eigenvalue weighted by molar-refractivity contribution is -0.150. The molecule has 1 aliphatic rings. The van der Waals surface area contributed by atoms with E-state index in [2.05, 4.69) is 0 Å². The van der Waals surface area contributed by atoms with Crippen molar-refractivity contribution in [2.75, 3.05) is 13.1 Å². The van der Waals surface area contributed by atoms with E-state index < -0.39 is 18.1 Å². The highest BCUT2D eigenvalue weighted by Crippen LogP contribution is 2.23. The number of amides is 1. The predicted molar refractivity (Wildman–Crippen MR) is 65.8 cm³/mol. The zero-order valence-corrected chi connectivity index (χ0v) is 10.9. The molecular weight excluding hydrogens is 236 g/mol. The number of rotatable bonds is 5. The zero-order chi connectivity index (χ0) is 13.9. The van der Waals surface area contributed by atoms with Crippen molar-refractivity contribution < 1.29 is 19.8 Å². The summed E-state index contributed by atoms with van der Waals surface area (Å²) in [5.74, 6) is -1.37. The summed E-state index contributed by atoms with van der Waals surface area (Å²) in [4.78, 5) is 24.6. The lowest BCUT2D eigenvalue weighted by atomic mass is 9.95. The van der Waals surface area contributed by atoms with Crippen molar-refractivity contribution in [2.24, 2.45) is 17.6 Å². The molecule has 18 heavy (non-hydrogen) atoms. The summed E-state index contributed by atoms with van der Waals surface area (Å²) in [5.41, 5.74) is 5.59. The average Bonchev–Trinajstić information content (AvgIpc) is 2.67. The normalized spacial score (nSPS) is 25.5. The molecule has 0 aromatic carbocycles. The van der Waals surface area contributed by atoms with Crippen molar-refractivity contribution in [1.29, 1.82) is 0 Å². The molecule has 0 saturated carbocycles. The van der Waals surface area contributed by atoms with E-state index >= 15 is 0 Å². The molecule has 1 aliphatic heterocycles. The van der Waals surface area contributed by atoms with E-state index in [0.717, 1.165) is 0 Å². The van der Waals surface area contributed by atoms with Gasteiger partial charge in [-0.05, 0) is 12.3 Å². The molecule has 4 N–H and O–H groups in total. The van der Waals surface area contributed by atoms with Crippen molar-refractivity contribution in [3.63, 3.8) is 0 Å². The predicted octanol–water partition coefficient (Wildman–Crippen LogP) is -0.346. The molecule has 0 bridgehead atoms. The van der Waals surface area contributed by atoms with Crippen molar-refractivity contribution >= 4 is 11.9 Å². The van der Waals surface area contributed by atoms with Crippen molar-refractivity contribution in [1.82, 2.24) is 4.90 Å². The van der Waals surface area contributed by atoms with Gasteiger partial charge in [-0.15, -0.1) is 0 Å². The molecule has 0 spiro atoms. The number of hydrogen-bond acceptors (Lipinski definition) is 4. The molecular formula is C12H22N2O4. The Hall–Kier alpha value is -1.14. The molecule has 0 aromatic rings. The summed E-state index contributed by atoms with van der Waals surface area (Å²) >= 11 is 0. The Kier molecular flexibility index (Phi) is 5.10. The molecule has 1 saturated heterocycles. The van der Waals surface area contributed by atoms with Crippen LogP contribution >= 0.6 is 0 Å². The number of aliphatic carboxylic acids is 1. The van der Waals surface area contributed by atoms with Gasteiger partial charge in [-0.2, -0.15) is 0 Å². The van der Waals surface area contributed by atoms with Crippen LogP contribution in [0.15, 0.2) is 0 Å². The minimum atomic E-state index is -1.07. The highest BCUT2D eigenvalue weighted by atomic mass is 16.4. The van der Waals surface area contributed by atoms with Crippen molar-refractivity contribution in [3.05, 3.63) is 0 Å². The number of β-amino-alcohol motifs (C(OH)–C–C–N with tert-alkyl or cyclic N) is 1. The quantitative estimate of drug-likeness (QED) is 0.625. The Morgan fingerprint density at radius 3 is 2.50 bits per heavy atom. The molecule has 6 heteroatoms. The van der Waals surface area contributed by atoms with Gasteiger partial charge in [0, 0.05) is 19.5 Å². The molecule has 1 unspecified atom stereocenters. The molecule has 104 valence electrons. The standard InChI is InChI=1S/C12H22N2O4/c1-7(2)3-8(5-13)11(16)14-6-9(15)4-10(14)12(17)18/h7-10,15H,3-6,13H2,1-2H3,(H,17,18)/t8?,9-,10+/m1/s1. The van der Waals surface area contributed by atoms with Crippen LogP contribution in [-0.2, 0) is 9.59 Å². The van der Waals surface area contributed by atoms with E-state index in [1.54, 1.807) is 0 Å². The van der Waals surface area contributed by atoms with Crippen LogP contribution < -0.4 is 5.73 Å². The lowest BCUT2D eigenvalue weighted by Crippen LogP contribution is -2.45. The Bertz CT molecular complexity index is 319. The minimum Gasteiger partial charge on any atom is -0.480 e. The first-order valence-electron chi connectivity index (χ1n) is 6.28. The Morgan fingerprint density at radius 1 is 1.44 bits per heavy atom. The summed E-state index contributed by atoms with van der Waals surface area (Å²) < 4.78 is 0. The third kappa shape index (κ3) is 3.43. The summed E-state index contributed by atoms with van der Waals surface area (Å²) in [6.45, 7) is 4.27. The van der Waals surface area contributed by atoms with Gasteiger partial charge in [-0.3, -0.25) is 4.79 Å². The van der Waals surface area contributed by atoms with Crippen LogP contribution in [0.1, 0.15) is 26.7 Å². The Balaban J connectivity index is 2.77. The van der Waals surface area contributed by atoms with E-state index in [1.807, 2.05) is 13.8 Å². The first kappa shape index (κ1) is 14.9. The number of aliphatic hydroxyl groups is 1. The van der Waals surface area contributed by atoms with Crippen LogP contribution in [0, 0.1) is 11.8 Å². The van der Waals surface area contributed by atoms with Gasteiger partial charge < -0.3 is 20.8 Å². The first-order valence-corrected chi connectivity index (χ1v) is 6.28. The number of aliphatic hydroxyl groups excluding tert-OH is 1. The molecule has 1 fully saturated rings. The van der Waals surface area contributed by atoms with Gasteiger partial charge in [0.25, 0.3) is 0 Å². The van der Waals surface area contributed by atoms with Gasteiger partial charge in [0.1, 0.15) is 6.04 Å². The van der Waals surface area contributed by atoms with Gasteiger partial charge in [0.2, 0.25) is 5.91 Å². The number of nitrogens with zero attached hydrogens (tertiary/aromatic N) is 1. The molecule has 1 rings (SSSR count). The summed E-state index contributed by atoms with van der Waals surface area (Å²) in [7, 11) is 0. The maximum atomic E-state index is 12.2. The van der Waals surface area contributed by atoms with Gasteiger partial charge in [-0.1, -0.05) is 13.8 Å². The molecule has 6 nitrogen and oxygen atoms in total. The number of carbonyl (C=O) groups excluding carboxylic acids is 1. The van der Waals surface area contributed by atoms with Crippen LogP contribution in [0.2, 0.25) is 0 Å². The topological polar surface area (TPSA) is 104 Å². The number of nitrogens with two attached hydrogens (primary N) is 1. The fourth-order valence-electron chi connectivity index (χ4n) is 2.39. The maximum Gasteiger partial charge on any atom is 0.326 e. The molecule has 3 atom stereocenters. The molecule has 1 amide bonds. The van der Waals surface area contributed by atoms with Crippen LogP contribution in [0.3, 0.4) is 0 Å². The minimum absolute atomic E-state index is 0.0877. The zero-order valence-electron chi connectivity index (χ0n) is 10.9. The number of carbonyl (C=O) groups is 2. The van der Waals surface area contributed by atoms with E-state index in [0.29, 0.717) is 12.3 Å². The van der Waals surface area contributed by atoms with Gasteiger partial charge in [-0.25, -0.2) is 4.79 Å². The monoisotopic (exact) mass is 258 g/mol. The van der Waals surface area contributed by atoms with Crippen LogP contribution in [0.4, 0.5) is 0 Å². The number of carboxylic acids is 1. The average molecular weight is 258 g/mol. The van der Waals surface area contributed by atoms with E-state index in [-0.39, 0.29) is 31.3 Å². The van der Waals surface area contributed by atoms with E-state index in [4.69, 9.17) is 10.8 Å². The number of carboxylic acid groups (broad SMARTS) is 1. The number of hydrogen-bond donors (Lipinski definition) is 3. The summed E-state index contributed by atoms with van der Waals surface area (Å²) in [5, 5.41) is 18.6. The van der Waals surface area contributed by atoms with Crippen LogP contribution in [0.25, 0.3) is 0 Å². The maximum absolute atomic E-state index is 12.2. The smallest absolute Gasteiger partial charge is 0.326 e. The Morgan fingerprint density at radius 2 is 2.06 bits per heavy atom. The molecule has 0 radical (unpaired) electrons. The van der Waals surface area contributed by atoms with Gasteiger partial charge >= 0.3 is 5.97 Å². The highest BCUT2D eigenvalue weighted by Gasteiger charge is 2.40. The molecule has 0 aliphatic carbocycles. The fraction of sp³-hybridized carbons (Fsp3) is 0.833. The van der Waals surface area contributed by atoms with Crippen molar-refractivity contribution in [2.45, 2.75) is 38.8 Å².